The van der Waals surface area contributed by atoms with Gasteiger partial charge in [-0.15, -0.1) is 0 Å². The maximum Gasteiger partial charge on any atom is 0.0256 e. The van der Waals surface area contributed by atoms with E-state index in [9.17, 15) is 0 Å². The van der Waals surface area contributed by atoms with Crippen LogP contribution in [0.4, 0.5) is 0 Å². The quantitative estimate of drug-likeness (QED) is 0.544. The molecule has 0 spiro atoms. The number of rotatable bonds is 0. The molecule has 2 rings (SSSR count). The lowest BCUT2D eigenvalue weighted by Gasteiger charge is -2.30. The summed E-state index contributed by atoms with van der Waals surface area (Å²) >= 11 is 0. The number of hydrogen-bond donors (Lipinski definition) is 1. The highest BCUT2D eigenvalue weighted by Gasteiger charge is 2.31. The van der Waals surface area contributed by atoms with Crippen molar-refractivity contribution < 1.29 is 0 Å². The predicted octanol–water partition coefficient (Wildman–Crippen LogP) is 2.48. The van der Waals surface area contributed by atoms with Crippen LogP contribution in [-0.4, -0.2) is 12.1 Å². The van der Waals surface area contributed by atoms with Gasteiger partial charge in [0.1, 0.15) is 0 Å². The molecule has 2 bridgehead atoms. The molecular formula is C11H19N. The van der Waals surface area contributed by atoms with Gasteiger partial charge in [0.05, 0.1) is 0 Å². The Balaban J connectivity index is 2.18. The molecule has 1 fully saturated rings. The largest absolute Gasteiger partial charge is 0.307 e. The van der Waals surface area contributed by atoms with Gasteiger partial charge in [0, 0.05) is 12.1 Å². The number of fused-ring (bicyclic) bond motifs is 2. The highest BCUT2D eigenvalue weighted by atomic mass is 15.0. The average Bonchev–Trinajstić information content (AvgIpc) is 2.28. The molecule has 68 valence electrons. The van der Waals surface area contributed by atoms with Gasteiger partial charge in [-0.05, 0) is 24.7 Å². The van der Waals surface area contributed by atoms with Crippen LogP contribution >= 0.6 is 0 Å². The molecule has 2 aliphatic heterocycles. The van der Waals surface area contributed by atoms with Crippen molar-refractivity contribution in [2.45, 2.75) is 52.1 Å². The van der Waals surface area contributed by atoms with Crippen molar-refractivity contribution in [3.63, 3.8) is 0 Å². The van der Waals surface area contributed by atoms with E-state index in [-0.39, 0.29) is 0 Å². The minimum Gasteiger partial charge on any atom is -0.307 e. The lowest BCUT2D eigenvalue weighted by atomic mass is 9.81. The summed E-state index contributed by atoms with van der Waals surface area (Å²) in [5.41, 5.74) is 2.05. The standard InChI is InChI=1S/C11H19N/c1-11(2,3)8-6-9-4-5-10(7-8)12-9/h6,9-10,12H,4-5,7H2,1-3H3. The topological polar surface area (TPSA) is 12.0 Å². The zero-order chi connectivity index (χ0) is 8.77. The third kappa shape index (κ3) is 1.42. The van der Waals surface area contributed by atoms with Crippen LogP contribution in [0.15, 0.2) is 11.6 Å². The second kappa shape index (κ2) is 2.59. The molecule has 2 unspecified atom stereocenters. The fourth-order valence-electron chi connectivity index (χ4n) is 2.28. The first kappa shape index (κ1) is 8.31. The van der Waals surface area contributed by atoms with Crippen molar-refractivity contribution in [1.82, 2.24) is 5.32 Å². The summed E-state index contributed by atoms with van der Waals surface area (Å²) in [4.78, 5) is 0. The Morgan fingerprint density at radius 1 is 1.33 bits per heavy atom. The van der Waals surface area contributed by atoms with Gasteiger partial charge >= 0.3 is 0 Å². The summed E-state index contributed by atoms with van der Waals surface area (Å²) in [6.45, 7) is 6.97. The van der Waals surface area contributed by atoms with Crippen LogP contribution < -0.4 is 5.32 Å². The molecule has 1 N–H and O–H groups in total. The predicted molar refractivity (Wildman–Crippen MR) is 52.1 cm³/mol. The summed E-state index contributed by atoms with van der Waals surface area (Å²) in [6, 6.07) is 1.48. The zero-order valence-corrected chi connectivity index (χ0v) is 8.35. The van der Waals surface area contributed by atoms with Crippen molar-refractivity contribution >= 4 is 0 Å². The van der Waals surface area contributed by atoms with E-state index in [4.69, 9.17) is 0 Å². The monoisotopic (exact) mass is 165 g/mol. The fourth-order valence-corrected chi connectivity index (χ4v) is 2.28. The number of nitrogens with one attached hydrogen (secondary N) is 1. The van der Waals surface area contributed by atoms with Crippen molar-refractivity contribution in [2.24, 2.45) is 5.41 Å². The van der Waals surface area contributed by atoms with Gasteiger partial charge in [-0.25, -0.2) is 0 Å². The second-order valence-corrected chi connectivity index (χ2v) is 5.19. The van der Waals surface area contributed by atoms with Gasteiger partial charge in [-0.2, -0.15) is 0 Å². The molecular weight excluding hydrogens is 146 g/mol. The Labute approximate surface area is 75.2 Å². The molecule has 1 nitrogen and oxygen atoms in total. The Hall–Kier alpha value is -0.300. The third-order valence-corrected chi connectivity index (χ3v) is 3.11. The summed E-state index contributed by atoms with van der Waals surface area (Å²) in [6.07, 6.45) is 6.47. The minimum absolute atomic E-state index is 0.392. The molecule has 1 heteroatoms. The molecule has 2 atom stereocenters. The Morgan fingerprint density at radius 2 is 2.08 bits per heavy atom. The first-order valence-corrected chi connectivity index (χ1v) is 5.03. The van der Waals surface area contributed by atoms with Crippen LogP contribution in [0.5, 0.6) is 0 Å². The van der Waals surface area contributed by atoms with Crippen molar-refractivity contribution in [3.8, 4) is 0 Å². The summed E-state index contributed by atoms with van der Waals surface area (Å²) in [5, 5.41) is 3.62. The van der Waals surface area contributed by atoms with Gasteiger partial charge in [0.15, 0.2) is 0 Å². The molecule has 0 radical (unpaired) electrons. The van der Waals surface area contributed by atoms with Gasteiger partial charge in [-0.3, -0.25) is 0 Å². The Morgan fingerprint density at radius 3 is 2.67 bits per heavy atom. The molecule has 2 heterocycles. The first-order valence-electron chi connectivity index (χ1n) is 5.03. The van der Waals surface area contributed by atoms with E-state index in [0.717, 1.165) is 6.04 Å². The van der Waals surface area contributed by atoms with E-state index in [1.54, 1.807) is 5.57 Å². The highest BCUT2D eigenvalue weighted by Crippen LogP contribution is 2.36. The van der Waals surface area contributed by atoms with Crippen LogP contribution in [0.2, 0.25) is 0 Å². The minimum atomic E-state index is 0.392. The second-order valence-electron chi connectivity index (χ2n) is 5.19. The first-order chi connectivity index (χ1) is 5.55. The summed E-state index contributed by atoms with van der Waals surface area (Å²) in [5.74, 6) is 0. The van der Waals surface area contributed by atoms with Crippen molar-refractivity contribution in [2.75, 3.05) is 0 Å². The summed E-state index contributed by atoms with van der Waals surface area (Å²) in [7, 11) is 0. The van der Waals surface area contributed by atoms with E-state index >= 15 is 0 Å². The van der Waals surface area contributed by atoms with Crippen molar-refractivity contribution in [1.29, 1.82) is 0 Å². The van der Waals surface area contributed by atoms with Crippen LogP contribution in [0.25, 0.3) is 0 Å². The molecule has 2 aliphatic rings. The van der Waals surface area contributed by atoms with Crippen LogP contribution in [0.1, 0.15) is 40.0 Å². The van der Waals surface area contributed by atoms with Gasteiger partial charge in [0.25, 0.3) is 0 Å². The van der Waals surface area contributed by atoms with E-state index in [1.165, 1.54) is 19.3 Å². The van der Waals surface area contributed by atoms with Gasteiger partial charge in [0.2, 0.25) is 0 Å². The maximum absolute atomic E-state index is 3.62. The molecule has 12 heavy (non-hydrogen) atoms. The fraction of sp³-hybridized carbons (Fsp3) is 0.818. The lowest BCUT2D eigenvalue weighted by Crippen LogP contribution is -2.34. The van der Waals surface area contributed by atoms with Gasteiger partial charge < -0.3 is 5.32 Å². The Kier molecular flexibility index (Phi) is 1.80. The smallest absolute Gasteiger partial charge is 0.0256 e. The molecule has 0 saturated carbocycles. The SMILES string of the molecule is CC(C)(C)C1=CC2CCC(C1)N2. The number of hydrogen-bond acceptors (Lipinski definition) is 1. The van der Waals surface area contributed by atoms with Crippen LogP contribution in [-0.2, 0) is 0 Å². The van der Waals surface area contributed by atoms with E-state index in [0.29, 0.717) is 11.5 Å². The van der Waals surface area contributed by atoms with Crippen LogP contribution in [0, 0.1) is 5.41 Å². The molecule has 0 aromatic heterocycles. The molecule has 1 saturated heterocycles. The maximum atomic E-state index is 3.62. The average molecular weight is 165 g/mol. The van der Waals surface area contributed by atoms with Crippen molar-refractivity contribution in [3.05, 3.63) is 11.6 Å². The van der Waals surface area contributed by atoms with E-state index in [2.05, 4.69) is 32.2 Å². The van der Waals surface area contributed by atoms with Gasteiger partial charge in [-0.1, -0.05) is 32.4 Å². The highest BCUT2D eigenvalue weighted by molar-refractivity contribution is 5.21. The normalized spacial score (nSPS) is 35.1. The lowest BCUT2D eigenvalue weighted by molar-refractivity contribution is 0.428. The Bertz CT molecular complexity index is 210. The zero-order valence-electron chi connectivity index (χ0n) is 8.35. The summed E-state index contributed by atoms with van der Waals surface area (Å²) < 4.78 is 0. The van der Waals surface area contributed by atoms with E-state index in [1.807, 2.05) is 0 Å². The van der Waals surface area contributed by atoms with E-state index < -0.39 is 0 Å². The molecule has 0 amide bonds. The molecule has 0 aliphatic carbocycles. The molecule has 0 aromatic carbocycles. The van der Waals surface area contributed by atoms with Crippen LogP contribution in [0.3, 0.4) is 0 Å². The third-order valence-electron chi connectivity index (χ3n) is 3.11. The molecule has 0 aromatic rings.